The van der Waals surface area contributed by atoms with Gasteiger partial charge in [-0.25, -0.2) is 0 Å². The van der Waals surface area contributed by atoms with Gasteiger partial charge in [-0.05, 0) is 48.7 Å². The second-order valence-corrected chi connectivity index (χ2v) is 4.55. The molecule has 0 saturated carbocycles. The van der Waals surface area contributed by atoms with Crippen LogP contribution in [0.25, 0.3) is 11.1 Å². The molecule has 2 rings (SSSR count). The Bertz CT molecular complexity index is 518. The predicted molar refractivity (Wildman–Crippen MR) is 73.6 cm³/mol. The maximum Gasteiger partial charge on any atom is 0.120 e. The summed E-state index contributed by atoms with van der Waals surface area (Å²) in [6.07, 6.45) is 0.170. The summed E-state index contributed by atoms with van der Waals surface area (Å²) in [5.41, 5.74) is 3.11. The quantitative estimate of drug-likeness (QED) is 0.887. The van der Waals surface area contributed by atoms with E-state index in [4.69, 9.17) is 9.84 Å². The van der Waals surface area contributed by atoms with Gasteiger partial charge in [-0.1, -0.05) is 30.3 Å². The topological polar surface area (TPSA) is 29.5 Å². The van der Waals surface area contributed by atoms with E-state index >= 15 is 0 Å². The zero-order valence-corrected chi connectivity index (χ0v) is 10.8. The highest BCUT2D eigenvalue weighted by atomic mass is 16.5. The molecular weight excluding hydrogens is 224 g/mol. The van der Waals surface area contributed by atoms with Gasteiger partial charge in [0, 0.05) is 0 Å². The van der Waals surface area contributed by atoms with Crippen LogP contribution in [0.5, 0.6) is 5.75 Å². The first-order chi connectivity index (χ1) is 8.69. The maximum absolute atomic E-state index is 9.16. The summed E-state index contributed by atoms with van der Waals surface area (Å²) in [7, 11) is 0. The van der Waals surface area contributed by atoms with Crippen LogP contribution < -0.4 is 4.74 Å². The van der Waals surface area contributed by atoms with Gasteiger partial charge in [0.05, 0.1) is 12.7 Å². The second-order valence-electron chi connectivity index (χ2n) is 4.55. The van der Waals surface area contributed by atoms with Gasteiger partial charge in [-0.2, -0.15) is 0 Å². The normalized spacial score (nSPS) is 10.7. The average molecular weight is 242 g/mol. The van der Waals surface area contributed by atoms with Crippen molar-refractivity contribution in [1.82, 2.24) is 0 Å². The van der Waals surface area contributed by atoms with E-state index in [1.165, 1.54) is 0 Å². The molecular formula is C16H18O2. The fourth-order valence-electron chi connectivity index (χ4n) is 1.87. The molecule has 0 aliphatic heterocycles. The van der Waals surface area contributed by atoms with Crippen molar-refractivity contribution in [3.8, 4) is 16.9 Å². The summed E-state index contributed by atoms with van der Waals surface area (Å²) >= 11 is 0. The van der Waals surface area contributed by atoms with Crippen molar-refractivity contribution >= 4 is 0 Å². The summed E-state index contributed by atoms with van der Waals surface area (Å²) in [6.45, 7) is 4.09. The monoisotopic (exact) mass is 242 g/mol. The van der Waals surface area contributed by atoms with Crippen molar-refractivity contribution in [2.24, 2.45) is 0 Å². The molecule has 18 heavy (non-hydrogen) atoms. The Kier molecular flexibility index (Phi) is 4.00. The predicted octanol–water partition coefficient (Wildman–Crippen LogP) is 3.63. The molecule has 0 aromatic heterocycles. The minimum atomic E-state index is 0.0655. The van der Waals surface area contributed by atoms with Crippen molar-refractivity contribution in [1.29, 1.82) is 0 Å². The lowest BCUT2D eigenvalue weighted by Crippen LogP contribution is -2.05. The Morgan fingerprint density at radius 3 is 2.33 bits per heavy atom. The molecule has 2 aromatic rings. The third-order valence-electron chi connectivity index (χ3n) is 2.65. The largest absolute Gasteiger partial charge is 0.491 e. The van der Waals surface area contributed by atoms with Crippen molar-refractivity contribution in [3.63, 3.8) is 0 Å². The van der Waals surface area contributed by atoms with E-state index in [0.29, 0.717) is 0 Å². The van der Waals surface area contributed by atoms with Crippen LogP contribution in [0.4, 0.5) is 0 Å². The van der Waals surface area contributed by atoms with E-state index in [1.54, 1.807) is 0 Å². The zero-order valence-electron chi connectivity index (χ0n) is 10.8. The average Bonchev–Trinajstić information content (AvgIpc) is 2.38. The molecule has 0 heterocycles. The van der Waals surface area contributed by atoms with Gasteiger partial charge in [0.25, 0.3) is 0 Å². The van der Waals surface area contributed by atoms with Gasteiger partial charge in [-0.3, -0.25) is 0 Å². The fourth-order valence-corrected chi connectivity index (χ4v) is 1.87. The van der Waals surface area contributed by atoms with E-state index in [-0.39, 0.29) is 12.7 Å². The number of hydrogen-bond acceptors (Lipinski definition) is 2. The van der Waals surface area contributed by atoms with E-state index in [0.717, 1.165) is 22.4 Å². The number of ether oxygens (including phenoxy) is 1. The van der Waals surface area contributed by atoms with Crippen molar-refractivity contribution < 1.29 is 9.84 Å². The molecule has 0 saturated heterocycles. The molecule has 0 aliphatic carbocycles. The van der Waals surface area contributed by atoms with E-state index < -0.39 is 0 Å². The highest BCUT2D eigenvalue weighted by Crippen LogP contribution is 2.25. The third kappa shape index (κ3) is 3.11. The summed E-state index contributed by atoms with van der Waals surface area (Å²) < 4.78 is 5.68. The summed E-state index contributed by atoms with van der Waals surface area (Å²) in [6, 6.07) is 15.9. The number of aliphatic hydroxyl groups excluding tert-OH is 1. The van der Waals surface area contributed by atoms with E-state index in [9.17, 15) is 0 Å². The molecule has 0 fully saturated rings. The second kappa shape index (κ2) is 5.69. The molecule has 0 spiro atoms. The highest BCUT2D eigenvalue weighted by molar-refractivity contribution is 5.65. The van der Waals surface area contributed by atoms with Crippen LogP contribution in [0.1, 0.15) is 19.4 Å². The van der Waals surface area contributed by atoms with Crippen molar-refractivity contribution in [2.45, 2.75) is 26.6 Å². The third-order valence-corrected chi connectivity index (χ3v) is 2.65. The summed E-state index contributed by atoms with van der Waals surface area (Å²) in [5.74, 6) is 0.872. The van der Waals surface area contributed by atoms with Crippen LogP contribution in [0, 0.1) is 0 Å². The molecule has 0 amide bonds. The van der Waals surface area contributed by atoms with Gasteiger partial charge in [0.15, 0.2) is 0 Å². The first-order valence-electron chi connectivity index (χ1n) is 6.16. The Morgan fingerprint density at radius 1 is 1.00 bits per heavy atom. The molecule has 1 N–H and O–H groups in total. The fraction of sp³-hybridized carbons (Fsp3) is 0.250. The Morgan fingerprint density at radius 2 is 1.67 bits per heavy atom. The zero-order chi connectivity index (χ0) is 13.0. The lowest BCUT2D eigenvalue weighted by atomic mass is 10.0. The highest BCUT2D eigenvalue weighted by Gasteiger charge is 2.02. The maximum atomic E-state index is 9.16. The van der Waals surface area contributed by atoms with Gasteiger partial charge in [0.1, 0.15) is 5.75 Å². The van der Waals surface area contributed by atoms with E-state index in [2.05, 4.69) is 0 Å². The number of hydrogen-bond donors (Lipinski definition) is 1. The lowest BCUT2D eigenvalue weighted by Gasteiger charge is -2.11. The molecule has 0 unspecified atom stereocenters. The van der Waals surface area contributed by atoms with Gasteiger partial charge >= 0.3 is 0 Å². The molecule has 0 atom stereocenters. The number of rotatable bonds is 4. The smallest absolute Gasteiger partial charge is 0.120 e. The standard InChI is InChI=1S/C16H18O2/c1-12(2)18-16-8-4-7-15(10-16)14-6-3-5-13(9-14)11-17/h3-10,12,17H,11H2,1-2H3. The summed E-state index contributed by atoms with van der Waals surface area (Å²) in [4.78, 5) is 0. The van der Waals surface area contributed by atoms with Gasteiger partial charge in [-0.15, -0.1) is 0 Å². The molecule has 0 radical (unpaired) electrons. The van der Waals surface area contributed by atoms with Crippen LogP contribution in [0.2, 0.25) is 0 Å². The minimum absolute atomic E-state index is 0.0655. The van der Waals surface area contributed by atoms with Crippen LogP contribution in [-0.4, -0.2) is 11.2 Å². The first kappa shape index (κ1) is 12.7. The lowest BCUT2D eigenvalue weighted by molar-refractivity contribution is 0.242. The first-order valence-corrected chi connectivity index (χ1v) is 6.16. The molecule has 2 nitrogen and oxygen atoms in total. The Labute approximate surface area is 108 Å². The Balaban J connectivity index is 2.32. The van der Waals surface area contributed by atoms with Crippen LogP contribution in [0.15, 0.2) is 48.5 Å². The molecule has 0 aliphatic rings. The number of aliphatic hydroxyl groups is 1. The van der Waals surface area contributed by atoms with Crippen LogP contribution in [-0.2, 0) is 6.61 Å². The van der Waals surface area contributed by atoms with Crippen molar-refractivity contribution in [2.75, 3.05) is 0 Å². The van der Waals surface area contributed by atoms with Crippen LogP contribution in [0.3, 0.4) is 0 Å². The molecule has 0 bridgehead atoms. The van der Waals surface area contributed by atoms with Crippen molar-refractivity contribution in [3.05, 3.63) is 54.1 Å². The van der Waals surface area contributed by atoms with Gasteiger partial charge in [0.2, 0.25) is 0 Å². The van der Waals surface area contributed by atoms with Gasteiger partial charge < -0.3 is 9.84 Å². The van der Waals surface area contributed by atoms with Crippen LogP contribution >= 0.6 is 0 Å². The van der Waals surface area contributed by atoms with E-state index in [1.807, 2.05) is 62.4 Å². The minimum Gasteiger partial charge on any atom is -0.491 e. The molecule has 94 valence electrons. The summed E-state index contributed by atoms with van der Waals surface area (Å²) in [5, 5.41) is 9.16. The number of benzene rings is 2. The molecule has 2 heteroatoms. The SMILES string of the molecule is CC(C)Oc1cccc(-c2cccc(CO)c2)c1. The Hall–Kier alpha value is -1.80. The molecule has 2 aromatic carbocycles.